The largest absolute Gasteiger partial charge is 0.379 e. The molecule has 0 amide bonds. The van der Waals surface area contributed by atoms with Crippen molar-refractivity contribution in [3.05, 3.63) is 12.2 Å². The van der Waals surface area contributed by atoms with E-state index in [4.69, 9.17) is 9.73 Å². The molecule has 1 saturated heterocycles. The van der Waals surface area contributed by atoms with Crippen LogP contribution in [0.15, 0.2) is 17.1 Å². The first-order chi connectivity index (χ1) is 10.9. The van der Waals surface area contributed by atoms with Gasteiger partial charge in [-0.05, 0) is 32.1 Å². The van der Waals surface area contributed by atoms with Gasteiger partial charge >= 0.3 is 0 Å². The van der Waals surface area contributed by atoms with Crippen LogP contribution in [0.2, 0.25) is 0 Å². The molecule has 0 radical (unpaired) electrons. The van der Waals surface area contributed by atoms with E-state index >= 15 is 0 Å². The molecule has 1 aliphatic carbocycles. The van der Waals surface area contributed by atoms with Gasteiger partial charge in [-0.2, -0.15) is 0 Å². The topological polar surface area (TPSA) is 40.1 Å². The van der Waals surface area contributed by atoms with E-state index in [1.54, 1.807) is 0 Å². The molecule has 1 atom stereocenters. The van der Waals surface area contributed by atoms with Gasteiger partial charge in [0, 0.05) is 45.4 Å². The highest BCUT2D eigenvalue weighted by molar-refractivity contribution is 5.80. The predicted molar refractivity (Wildman–Crippen MR) is 90.2 cm³/mol. The molecule has 0 aromatic rings. The van der Waals surface area contributed by atoms with Crippen LogP contribution in [-0.4, -0.2) is 74.3 Å². The number of guanidine groups is 1. The summed E-state index contributed by atoms with van der Waals surface area (Å²) in [6.45, 7) is 9.93. The van der Waals surface area contributed by atoms with Gasteiger partial charge in [-0.15, -0.1) is 0 Å². The highest BCUT2D eigenvalue weighted by Crippen LogP contribution is 2.28. The number of nitrogens with zero attached hydrogens (tertiary/aromatic N) is 3. The van der Waals surface area contributed by atoms with Crippen LogP contribution in [0, 0.1) is 5.92 Å². The lowest BCUT2D eigenvalue weighted by Crippen LogP contribution is -2.43. The summed E-state index contributed by atoms with van der Waals surface area (Å²) in [7, 11) is 0. The third-order valence-electron chi connectivity index (χ3n) is 4.71. The van der Waals surface area contributed by atoms with Crippen molar-refractivity contribution in [2.45, 2.75) is 32.2 Å². The van der Waals surface area contributed by atoms with Gasteiger partial charge in [-0.3, -0.25) is 9.89 Å². The van der Waals surface area contributed by atoms with Gasteiger partial charge in [0.05, 0.1) is 13.2 Å². The Bertz CT molecular complexity index is 397. The molecule has 0 aromatic heterocycles. The van der Waals surface area contributed by atoms with E-state index in [1.165, 1.54) is 19.3 Å². The highest BCUT2D eigenvalue weighted by atomic mass is 16.5. The molecule has 5 nitrogen and oxygen atoms in total. The molecule has 0 bridgehead atoms. The molecule has 124 valence electrons. The summed E-state index contributed by atoms with van der Waals surface area (Å²) < 4.78 is 5.68. The molecular formula is C17H30N4O. The standard InChI is InChI=1S/C17H30N4O/c1-2-18-17(19-8-12-22-14-15-5-6-15)21-11-7-16(13-21)20-9-3-4-10-20/h3-4,15-16H,2,5-14H2,1H3,(H,18,19). The normalized spacial score (nSPS) is 26.1. The minimum atomic E-state index is 0.671. The maximum Gasteiger partial charge on any atom is 0.194 e. The zero-order valence-corrected chi connectivity index (χ0v) is 13.8. The minimum absolute atomic E-state index is 0.671. The summed E-state index contributed by atoms with van der Waals surface area (Å²) in [6.07, 6.45) is 8.50. The molecule has 22 heavy (non-hydrogen) atoms. The maximum atomic E-state index is 5.68. The molecular weight excluding hydrogens is 276 g/mol. The Balaban J connectivity index is 1.43. The van der Waals surface area contributed by atoms with E-state index in [9.17, 15) is 0 Å². The molecule has 1 unspecified atom stereocenters. The van der Waals surface area contributed by atoms with Crippen molar-refractivity contribution in [3.63, 3.8) is 0 Å². The molecule has 0 spiro atoms. The first kappa shape index (κ1) is 15.8. The lowest BCUT2D eigenvalue weighted by atomic mass is 10.2. The van der Waals surface area contributed by atoms with E-state index in [0.717, 1.165) is 64.4 Å². The monoisotopic (exact) mass is 306 g/mol. The fourth-order valence-corrected chi connectivity index (χ4v) is 3.20. The average molecular weight is 306 g/mol. The second kappa shape index (κ2) is 7.97. The number of nitrogens with one attached hydrogen (secondary N) is 1. The van der Waals surface area contributed by atoms with Crippen molar-refractivity contribution in [2.24, 2.45) is 10.9 Å². The number of hydrogen-bond acceptors (Lipinski definition) is 3. The minimum Gasteiger partial charge on any atom is -0.379 e. The second-order valence-corrected chi connectivity index (χ2v) is 6.57. The van der Waals surface area contributed by atoms with Crippen LogP contribution in [0.1, 0.15) is 26.2 Å². The highest BCUT2D eigenvalue weighted by Gasteiger charge is 2.29. The molecule has 3 rings (SSSR count). The van der Waals surface area contributed by atoms with E-state index in [-0.39, 0.29) is 0 Å². The Morgan fingerprint density at radius 2 is 2.09 bits per heavy atom. The van der Waals surface area contributed by atoms with Crippen LogP contribution in [0.3, 0.4) is 0 Å². The van der Waals surface area contributed by atoms with Gasteiger partial charge in [-0.25, -0.2) is 0 Å². The third-order valence-corrected chi connectivity index (χ3v) is 4.71. The van der Waals surface area contributed by atoms with Gasteiger partial charge in [-0.1, -0.05) is 12.2 Å². The van der Waals surface area contributed by atoms with Crippen LogP contribution in [0.5, 0.6) is 0 Å². The van der Waals surface area contributed by atoms with Crippen molar-refractivity contribution in [2.75, 3.05) is 52.5 Å². The Kier molecular flexibility index (Phi) is 5.73. The summed E-state index contributed by atoms with van der Waals surface area (Å²) in [6, 6.07) is 0.671. The maximum absolute atomic E-state index is 5.68. The Labute approximate surface area is 134 Å². The van der Waals surface area contributed by atoms with Crippen LogP contribution >= 0.6 is 0 Å². The lowest BCUT2D eigenvalue weighted by Gasteiger charge is -2.25. The lowest BCUT2D eigenvalue weighted by molar-refractivity contribution is 0.131. The average Bonchev–Trinajstić information content (AvgIpc) is 3.02. The zero-order valence-electron chi connectivity index (χ0n) is 13.8. The summed E-state index contributed by atoms with van der Waals surface area (Å²) in [5, 5.41) is 3.43. The number of ether oxygens (including phenoxy) is 1. The van der Waals surface area contributed by atoms with E-state index < -0.39 is 0 Å². The number of aliphatic imine (C=N–C) groups is 1. The van der Waals surface area contributed by atoms with Crippen LogP contribution in [0.25, 0.3) is 0 Å². The van der Waals surface area contributed by atoms with Gasteiger partial charge in [0.2, 0.25) is 0 Å². The van der Waals surface area contributed by atoms with Crippen molar-refractivity contribution in [1.29, 1.82) is 0 Å². The molecule has 5 heteroatoms. The Morgan fingerprint density at radius 1 is 1.27 bits per heavy atom. The fourth-order valence-electron chi connectivity index (χ4n) is 3.20. The quantitative estimate of drug-likeness (QED) is 0.333. The molecule has 2 aliphatic heterocycles. The Morgan fingerprint density at radius 3 is 2.82 bits per heavy atom. The Hall–Kier alpha value is -1.07. The number of likely N-dealkylation sites (tertiary alicyclic amines) is 1. The third kappa shape index (κ3) is 4.46. The van der Waals surface area contributed by atoms with Crippen LogP contribution < -0.4 is 5.32 Å². The zero-order chi connectivity index (χ0) is 15.2. The molecule has 2 fully saturated rings. The van der Waals surface area contributed by atoms with E-state index in [2.05, 4.69) is 34.2 Å². The van der Waals surface area contributed by atoms with Gasteiger partial charge < -0.3 is 15.0 Å². The van der Waals surface area contributed by atoms with Crippen LogP contribution in [0.4, 0.5) is 0 Å². The second-order valence-electron chi connectivity index (χ2n) is 6.57. The first-order valence-corrected chi connectivity index (χ1v) is 8.87. The molecule has 1 saturated carbocycles. The van der Waals surface area contributed by atoms with Crippen LogP contribution in [-0.2, 0) is 4.74 Å². The molecule has 0 aromatic carbocycles. The van der Waals surface area contributed by atoms with E-state index in [1.807, 2.05) is 0 Å². The molecule has 1 N–H and O–H groups in total. The van der Waals surface area contributed by atoms with E-state index in [0.29, 0.717) is 6.04 Å². The summed E-state index contributed by atoms with van der Waals surface area (Å²) in [4.78, 5) is 9.71. The van der Waals surface area contributed by atoms with Crippen molar-refractivity contribution >= 4 is 5.96 Å². The van der Waals surface area contributed by atoms with Gasteiger partial charge in [0.15, 0.2) is 5.96 Å². The summed E-state index contributed by atoms with van der Waals surface area (Å²) in [5.74, 6) is 1.90. The smallest absolute Gasteiger partial charge is 0.194 e. The SMILES string of the molecule is CCNC(=NCCOCC1CC1)N1CCC(N2CC=CC2)C1. The predicted octanol–water partition coefficient (Wildman–Crippen LogP) is 1.32. The fraction of sp³-hybridized carbons (Fsp3) is 0.824. The van der Waals surface area contributed by atoms with Crippen molar-refractivity contribution in [3.8, 4) is 0 Å². The van der Waals surface area contributed by atoms with Gasteiger partial charge in [0.25, 0.3) is 0 Å². The number of rotatable bonds is 7. The van der Waals surface area contributed by atoms with Crippen molar-refractivity contribution in [1.82, 2.24) is 15.1 Å². The van der Waals surface area contributed by atoms with Crippen molar-refractivity contribution < 1.29 is 4.74 Å². The first-order valence-electron chi connectivity index (χ1n) is 8.87. The molecule has 3 aliphatic rings. The van der Waals surface area contributed by atoms with Gasteiger partial charge in [0.1, 0.15) is 0 Å². The summed E-state index contributed by atoms with van der Waals surface area (Å²) in [5.41, 5.74) is 0. The molecule has 2 heterocycles. The summed E-state index contributed by atoms with van der Waals surface area (Å²) >= 11 is 0. The number of hydrogen-bond donors (Lipinski definition) is 1.